The number of fused-ring (bicyclic) bond motifs is 1. The maximum atomic E-state index is 12.8. The van der Waals surface area contributed by atoms with Gasteiger partial charge in [0.1, 0.15) is 10.6 Å². The van der Waals surface area contributed by atoms with Crippen molar-refractivity contribution in [3.63, 3.8) is 0 Å². The Bertz CT molecular complexity index is 1380. The molecule has 0 radical (unpaired) electrons. The molecule has 4 rings (SSSR count). The van der Waals surface area contributed by atoms with E-state index in [1.165, 1.54) is 16.8 Å². The third-order valence-electron chi connectivity index (χ3n) is 4.75. The van der Waals surface area contributed by atoms with Crippen molar-refractivity contribution in [3.05, 3.63) is 83.3 Å². The number of pyridine rings is 1. The molecule has 0 fully saturated rings. The quantitative estimate of drug-likeness (QED) is 0.477. The molecule has 0 spiro atoms. The number of nitrogens with zero attached hydrogens (tertiary/aromatic N) is 3. The fourth-order valence-electron chi connectivity index (χ4n) is 3.18. The van der Waals surface area contributed by atoms with Crippen molar-refractivity contribution >= 4 is 20.9 Å². The van der Waals surface area contributed by atoms with E-state index in [1.807, 2.05) is 12.1 Å². The van der Waals surface area contributed by atoms with E-state index in [2.05, 4.69) is 14.8 Å². The number of para-hydroxylation sites is 1. The van der Waals surface area contributed by atoms with Crippen LogP contribution in [0.5, 0.6) is 5.75 Å². The largest absolute Gasteiger partial charge is 0.497 e. The summed E-state index contributed by atoms with van der Waals surface area (Å²) < 4.78 is 34.5. The van der Waals surface area contributed by atoms with Crippen molar-refractivity contribution in [2.75, 3.05) is 13.7 Å². The van der Waals surface area contributed by atoms with Gasteiger partial charge in [0.2, 0.25) is 10.0 Å². The standard InChI is InChI=1S/C22H20N4O4S/c1-30-18-9-7-16(8-10-18)19-11-12-21(27)26(25-19)15-14-24-31(28,29)20-6-2-4-17-5-3-13-23-22(17)20/h2-13,24H,14-15H2,1H3. The molecule has 0 aliphatic carbocycles. The lowest BCUT2D eigenvalue weighted by molar-refractivity contribution is 0.415. The van der Waals surface area contributed by atoms with Gasteiger partial charge in [0, 0.05) is 29.8 Å². The van der Waals surface area contributed by atoms with Crippen LogP contribution in [0.2, 0.25) is 0 Å². The van der Waals surface area contributed by atoms with Crippen molar-refractivity contribution in [2.24, 2.45) is 0 Å². The molecule has 8 nitrogen and oxygen atoms in total. The summed E-state index contributed by atoms with van der Waals surface area (Å²) in [6.45, 7) is 0.0881. The Morgan fingerprint density at radius 2 is 1.77 bits per heavy atom. The zero-order valence-electron chi connectivity index (χ0n) is 16.7. The molecule has 0 bridgehead atoms. The van der Waals surface area contributed by atoms with Crippen LogP contribution in [0.3, 0.4) is 0 Å². The van der Waals surface area contributed by atoms with Gasteiger partial charge in [0.25, 0.3) is 5.56 Å². The van der Waals surface area contributed by atoms with Crippen molar-refractivity contribution < 1.29 is 13.2 Å². The van der Waals surface area contributed by atoms with Crippen LogP contribution >= 0.6 is 0 Å². The average molecular weight is 436 g/mol. The van der Waals surface area contributed by atoms with Gasteiger partial charge in [-0.05, 0) is 42.5 Å². The molecule has 2 heterocycles. The summed E-state index contributed by atoms with van der Waals surface area (Å²) in [5.41, 5.74) is 1.50. The van der Waals surface area contributed by atoms with Crippen LogP contribution in [-0.4, -0.2) is 36.8 Å². The van der Waals surface area contributed by atoms with Crippen molar-refractivity contribution in [1.82, 2.24) is 19.5 Å². The Morgan fingerprint density at radius 1 is 1.00 bits per heavy atom. The fraction of sp³-hybridized carbons (Fsp3) is 0.136. The number of hydrogen-bond donors (Lipinski definition) is 1. The normalized spacial score (nSPS) is 11.5. The highest BCUT2D eigenvalue weighted by molar-refractivity contribution is 7.89. The van der Waals surface area contributed by atoms with Crippen LogP contribution in [0.1, 0.15) is 0 Å². The van der Waals surface area contributed by atoms with Gasteiger partial charge in [-0.25, -0.2) is 17.8 Å². The van der Waals surface area contributed by atoms with E-state index in [1.54, 1.807) is 55.8 Å². The molecule has 9 heteroatoms. The number of hydrogen-bond acceptors (Lipinski definition) is 6. The van der Waals surface area contributed by atoms with E-state index in [4.69, 9.17) is 4.74 Å². The minimum absolute atomic E-state index is 0.00449. The zero-order valence-corrected chi connectivity index (χ0v) is 17.5. The van der Waals surface area contributed by atoms with Gasteiger partial charge in [-0.2, -0.15) is 5.10 Å². The number of rotatable bonds is 7. The SMILES string of the molecule is COc1ccc(-c2ccc(=O)n(CCNS(=O)(=O)c3cccc4cccnc34)n2)cc1. The monoisotopic (exact) mass is 436 g/mol. The maximum Gasteiger partial charge on any atom is 0.266 e. The van der Waals surface area contributed by atoms with Gasteiger partial charge in [-0.1, -0.05) is 18.2 Å². The molecular weight excluding hydrogens is 416 g/mol. The van der Waals surface area contributed by atoms with E-state index in [-0.39, 0.29) is 23.5 Å². The lowest BCUT2D eigenvalue weighted by Crippen LogP contribution is -2.32. The summed E-state index contributed by atoms with van der Waals surface area (Å²) in [6.07, 6.45) is 1.55. The Labute approximate surface area is 179 Å². The zero-order chi connectivity index (χ0) is 21.8. The van der Waals surface area contributed by atoms with Gasteiger partial charge >= 0.3 is 0 Å². The first-order valence-electron chi connectivity index (χ1n) is 9.54. The third-order valence-corrected chi connectivity index (χ3v) is 6.25. The summed E-state index contributed by atoms with van der Waals surface area (Å²) in [7, 11) is -2.22. The highest BCUT2D eigenvalue weighted by Gasteiger charge is 2.17. The number of benzene rings is 2. The number of sulfonamides is 1. The summed E-state index contributed by atoms with van der Waals surface area (Å²) in [5, 5.41) is 5.09. The molecule has 0 atom stereocenters. The van der Waals surface area contributed by atoms with Gasteiger partial charge in [0.05, 0.1) is 24.9 Å². The second kappa shape index (κ2) is 8.66. The summed E-state index contributed by atoms with van der Waals surface area (Å²) in [6, 6.07) is 18.9. The van der Waals surface area contributed by atoms with E-state index in [0.29, 0.717) is 11.2 Å². The van der Waals surface area contributed by atoms with Crippen molar-refractivity contribution in [1.29, 1.82) is 0 Å². The van der Waals surface area contributed by atoms with E-state index in [9.17, 15) is 13.2 Å². The minimum Gasteiger partial charge on any atom is -0.497 e. The van der Waals surface area contributed by atoms with Gasteiger partial charge in [0.15, 0.2) is 0 Å². The molecule has 2 aromatic carbocycles. The molecule has 0 saturated carbocycles. The Balaban J connectivity index is 1.52. The second-order valence-electron chi connectivity index (χ2n) is 6.74. The number of nitrogens with one attached hydrogen (secondary N) is 1. The third kappa shape index (κ3) is 4.47. The van der Waals surface area contributed by atoms with Gasteiger partial charge < -0.3 is 4.74 Å². The van der Waals surface area contributed by atoms with Crippen LogP contribution in [0.4, 0.5) is 0 Å². The molecular formula is C22H20N4O4S. The average Bonchev–Trinajstić information content (AvgIpc) is 2.80. The molecule has 0 unspecified atom stereocenters. The smallest absolute Gasteiger partial charge is 0.266 e. The minimum atomic E-state index is -3.81. The Hall–Kier alpha value is -3.56. The van der Waals surface area contributed by atoms with Gasteiger partial charge in [-0.15, -0.1) is 0 Å². The van der Waals surface area contributed by atoms with E-state index in [0.717, 1.165) is 16.7 Å². The van der Waals surface area contributed by atoms with E-state index >= 15 is 0 Å². The molecule has 31 heavy (non-hydrogen) atoms. The predicted molar refractivity (Wildman–Crippen MR) is 117 cm³/mol. The lowest BCUT2D eigenvalue weighted by Gasteiger charge is -2.10. The molecule has 0 aliphatic rings. The molecule has 4 aromatic rings. The molecule has 2 aromatic heterocycles. The molecule has 158 valence electrons. The number of methoxy groups -OCH3 is 1. The van der Waals surface area contributed by atoms with E-state index < -0.39 is 10.0 Å². The van der Waals surface area contributed by atoms with Gasteiger partial charge in [-0.3, -0.25) is 9.78 Å². The number of ether oxygens (including phenoxy) is 1. The second-order valence-corrected chi connectivity index (χ2v) is 8.47. The Kier molecular flexibility index (Phi) is 5.79. The van der Waals surface area contributed by atoms with Crippen LogP contribution in [0.25, 0.3) is 22.2 Å². The summed E-state index contributed by atoms with van der Waals surface area (Å²) in [4.78, 5) is 16.5. The molecule has 0 saturated heterocycles. The van der Waals surface area contributed by atoms with Crippen molar-refractivity contribution in [3.8, 4) is 17.0 Å². The Morgan fingerprint density at radius 3 is 2.55 bits per heavy atom. The van der Waals surface area contributed by atoms with Crippen LogP contribution in [-0.2, 0) is 16.6 Å². The highest BCUT2D eigenvalue weighted by atomic mass is 32.2. The molecule has 1 N–H and O–H groups in total. The highest BCUT2D eigenvalue weighted by Crippen LogP contribution is 2.21. The molecule has 0 aliphatic heterocycles. The van der Waals surface area contributed by atoms with Crippen LogP contribution < -0.4 is 15.0 Å². The topological polar surface area (TPSA) is 103 Å². The predicted octanol–water partition coefficient (Wildman–Crippen LogP) is 2.45. The van der Waals surface area contributed by atoms with Crippen LogP contribution in [0.15, 0.2) is 82.6 Å². The van der Waals surface area contributed by atoms with Crippen molar-refractivity contribution in [2.45, 2.75) is 11.4 Å². The lowest BCUT2D eigenvalue weighted by atomic mass is 10.1. The summed E-state index contributed by atoms with van der Waals surface area (Å²) in [5.74, 6) is 0.717. The molecule has 0 amide bonds. The first kappa shape index (κ1) is 20.7. The first-order valence-corrected chi connectivity index (χ1v) is 11.0. The summed E-state index contributed by atoms with van der Waals surface area (Å²) >= 11 is 0. The van der Waals surface area contributed by atoms with Crippen LogP contribution in [0, 0.1) is 0 Å². The number of aromatic nitrogens is 3. The first-order chi connectivity index (χ1) is 15.0. The fourth-order valence-corrected chi connectivity index (χ4v) is 4.38. The maximum absolute atomic E-state index is 12.8.